The molecule has 0 radical (unpaired) electrons. The van der Waals surface area contributed by atoms with Crippen molar-refractivity contribution in [3.8, 4) is 11.1 Å². The molecule has 0 saturated carbocycles. The van der Waals surface area contributed by atoms with Crippen molar-refractivity contribution in [2.45, 2.75) is 39.2 Å². The van der Waals surface area contributed by atoms with E-state index in [0.29, 0.717) is 22.7 Å². The molecule has 3 aromatic rings. The summed E-state index contributed by atoms with van der Waals surface area (Å²) in [4.78, 5) is 39.8. The van der Waals surface area contributed by atoms with Gasteiger partial charge in [-0.25, -0.2) is 5.01 Å². The van der Waals surface area contributed by atoms with Crippen molar-refractivity contribution >= 4 is 29.2 Å². The number of nitrogens with zero attached hydrogens (tertiary/aromatic N) is 2. The summed E-state index contributed by atoms with van der Waals surface area (Å²) in [5.41, 5.74) is 4.89. The van der Waals surface area contributed by atoms with Crippen LogP contribution in [-0.4, -0.2) is 32.7 Å². The fourth-order valence-corrected chi connectivity index (χ4v) is 4.29. The number of carbonyl (C=O) groups is 2. The lowest BCUT2D eigenvalue weighted by molar-refractivity contribution is -0.141. The van der Waals surface area contributed by atoms with Gasteiger partial charge >= 0.3 is 5.97 Å². The molecule has 2 heterocycles. The van der Waals surface area contributed by atoms with Crippen LogP contribution < -0.4 is 5.56 Å². The van der Waals surface area contributed by atoms with Crippen molar-refractivity contribution in [2.75, 3.05) is 0 Å². The van der Waals surface area contributed by atoms with Gasteiger partial charge in [-0.1, -0.05) is 53.6 Å². The smallest absolute Gasteiger partial charge is 0.303 e. The molecule has 1 aliphatic rings. The number of hydrogen-bond acceptors (Lipinski definition) is 4. The van der Waals surface area contributed by atoms with Crippen LogP contribution in [0.3, 0.4) is 0 Å². The summed E-state index contributed by atoms with van der Waals surface area (Å²) in [5.74, 6) is -1.45. The first-order chi connectivity index (χ1) is 16.2. The predicted molar refractivity (Wildman–Crippen MR) is 131 cm³/mol. The molecule has 1 atom stereocenters. The lowest BCUT2D eigenvalue weighted by Crippen LogP contribution is -2.27. The topological polar surface area (TPSA) is 103 Å². The Kier molecular flexibility index (Phi) is 6.65. The Morgan fingerprint density at radius 3 is 2.38 bits per heavy atom. The Morgan fingerprint density at radius 1 is 1.06 bits per heavy atom. The van der Waals surface area contributed by atoms with Crippen molar-refractivity contribution in [1.29, 1.82) is 0 Å². The maximum atomic E-state index is 13.1. The van der Waals surface area contributed by atoms with Crippen LogP contribution in [0.5, 0.6) is 0 Å². The number of benzene rings is 2. The van der Waals surface area contributed by atoms with Crippen molar-refractivity contribution in [3.63, 3.8) is 0 Å². The second-order valence-electron chi connectivity index (χ2n) is 8.37. The van der Waals surface area contributed by atoms with E-state index in [9.17, 15) is 14.4 Å². The van der Waals surface area contributed by atoms with E-state index in [1.165, 1.54) is 5.01 Å². The Bertz CT molecular complexity index is 1330. The number of rotatable bonds is 6. The van der Waals surface area contributed by atoms with E-state index >= 15 is 0 Å². The average molecular weight is 478 g/mol. The first-order valence-electron chi connectivity index (χ1n) is 10.9. The number of aliphatic carboxylic acids is 1. The highest BCUT2D eigenvalue weighted by atomic mass is 35.5. The SMILES string of the molecule is Cc1ccc(C2CC(c3c(-c4ccc(Cl)cc4)c(C)c[nH]c3=O)=NN2C(=O)CCC(=O)O)cc1. The third-order valence-electron chi connectivity index (χ3n) is 5.89. The van der Waals surface area contributed by atoms with Gasteiger partial charge in [-0.2, -0.15) is 5.10 Å². The van der Waals surface area contributed by atoms with Crippen molar-refractivity contribution in [2.24, 2.45) is 5.10 Å². The molecule has 0 spiro atoms. The van der Waals surface area contributed by atoms with Crippen LogP contribution in [0.2, 0.25) is 5.02 Å². The third-order valence-corrected chi connectivity index (χ3v) is 6.15. The van der Waals surface area contributed by atoms with Gasteiger partial charge in [0.15, 0.2) is 0 Å². The highest BCUT2D eigenvalue weighted by Gasteiger charge is 2.35. The fourth-order valence-electron chi connectivity index (χ4n) is 4.16. The predicted octanol–water partition coefficient (Wildman–Crippen LogP) is 4.85. The number of carboxylic acid groups (broad SMARTS) is 1. The molecule has 1 aromatic heterocycles. The summed E-state index contributed by atoms with van der Waals surface area (Å²) >= 11 is 6.06. The molecule has 1 unspecified atom stereocenters. The quantitative estimate of drug-likeness (QED) is 0.529. The minimum atomic E-state index is -1.05. The van der Waals surface area contributed by atoms with Crippen LogP contribution in [0.25, 0.3) is 11.1 Å². The Labute approximate surface area is 201 Å². The minimum Gasteiger partial charge on any atom is -0.481 e. The highest BCUT2D eigenvalue weighted by molar-refractivity contribution is 6.30. The molecule has 4 rings (SSSR count). The minimum absolute atomic E-state index is 0.178. The van der Waals surface area contributed by atoms with Crippen LogP contribution in [0.1, 0.15) is 47.6 Å². The summed E-state index contributed by atoms with van der Waals surface area (Å²) in [6.45, 7) is 3.87. The number of amides is 1. The van der Waals surface area contributed by atoms with E-state index < -0.39 is 17.9 Å². The van der Waals surface area contributed by atoms with Gasteiger partial charge in [0.25, 0.3) is 5.56 Å². The second-order valence-corrected chi connectivity index (χ2v) is 8.80. The molecule has 34 heavy (non-hydrogen) atoms. The monoisotopic (exact) mass is 477 g/mol. The molecule has 1 amide bonds. The molecule has 2 N–H and O–H groups in total. The first kappa shape index (κ1) is 23.4. The zero-order valence-electron chi connectivity index (χ0n) is 18.8. The van der Waals surface area contributed by atoms with Gasteiger partial charge in [0.2, 0.25) is 5.91 Å². The summed E-state index contributed by atoms with van der Waals surface area (Å²) in [7, 11) is 0. The van der Waals surface area contributed by atoms with E-state index in [1.54, 1.807) is 18.3 Å². The van der Waals surface area contributed by atoms with Crippen LogP contribution in [0, 0.1) is 13.8 Å². The number of hydrogen-bond donors (Lipinski definition) is 2. The van der Waals surface area contributed by atoms with Gasteiger partial charge in [0.05, 0.1) is 23.7 Å². The molecule has 7 nitrogen and oxygen atoms in total. The zero-order valence-corrected chi connectivity index (χ0v) is 19.6. The molecule has 0 bridgehead atoms. The van der Waals surface area contributed by atoms with Crippen molar-refractivity contribution in [3.05, 3.63) is 92.4 Å². The standard InChI is InChI=1S/C26H24ClN3O4/c1-15-3-5-17(6-4-15)21-13-20(29-30(21)22(31)11-12-23(32)33)25-24(16(2)14-28-26(25)34)18-7-9-19(27)10-8-18/h3-10,14,21H,11-13H2,1-2H3,(H,28,34)(H,32,33). The van der Waals surface area contributed by atoms with Crippen molar-refractivity contribution in [1.82, 2.24) is 9.99 Å². The van der Waals surface area contributed by atoms with E-state index in [2.05, 4.69) is 10.1 Å². The highest BCUT2D eigenvalue weighted by Crippen LogP contribution is 2.36. The zero-order chi connectivity index (χ0) is 24.4. The first-order valence-corrected chi connectivity index (χ1v) is 11.3. The summed E-state index contributed by atoms with van der Waals surface area (Å²) in [5, 5.41) is 15.5. The fraction of sp³-hybridized carbons (Fsp3) is 0.231. The van der Waals surface area contributed by atoms with Crippen molar-refractivity contribution < 1.29 is 14.7 Å². The number of hydrazone groups is 1. The molecule has 1 aliphatic heterocycles. The van der Waals surface area contributed by atoms with E-state index in [1.807, 2.05) is 50.2 Å². The molecule has 0 saturated heterocycles. The van der Waals surface area contributed by atoms with E-state index in [4.69, 9.17) is 16.7 Å². The van der Waals surface area contributed by atoms with Gasteiger partial charge in [-0.3, -0.25) is 14.4 Å². The largest absolute Gasteiger partial charge is 0.481 e. The number of pyridine rings is 1. The Hall–Kier alpha value is -3.71. The van der Waals surface area contributed by atoms with Gasteiger partial charge in [-0.15, -0.1) is 0 Å². The maximum Gasteiger partial charge on any atom is 0.303 e. The molecule has 2 aromatic carbocycles. The van der Waals surface area contributed by atoms with Crippen LogP contribution in [0.4, 0.5) is 0 Å². The molecule has 8 heteroatoms. The number of H-pyrrole nitrogens is 1. The number of nitrogens with one attached hydrogen (secondary N) is 1. The number of aryl methyl sites for hydroxylation is 2. The third kappa shape index (κ3) is 4.79. The number of carbonyl (C=O) groups excluding carboxylic acids is 1. The lowest BCUT2D eigenvalue weighted by Gasteiger charge is -2.22. The molecule has 0 aliphatic carbocycles. The molecular formula is C26H24ClN3O4. The van der Waals surface area contributed by atoms with Crippen LogP contribution in [-0.2, 0) is 9.59 Å². The average Bonchev–Trinajstić information content (AvgIpc) is 3.25. The molecule has 0 fully saturated rings. The summed E-state index contributed by atoms with van der Waals surface area (Å²) < 4.78 is 0. The summed E-state index contributed by atoms with van der Waals surface area (Å²) in [6.07, 6.45) is 1.51. The van der Waals surface area contributed by atoms with Gasteiger partial charge < -0.3 is 10.1 Å². The molecular weight excluding hydrogens is 454 g/mol. The summed E-state index contributed by atoms with van der Waals surface area (Å²) in [6, 6.07) is 14.5. The number of halogens is 1. The van der Waals surface area contributed by atoms with Gasteiger partial charge in [-0.05, 0) is 42.7 Å². The maximum absolute atomic E-state index is 13.1. The van der Waals surface area contributed by atoms with E-state index in [0.717, 1.165) is 27.8 Å². The second kappa shape index (κ2) is 9.65. The normalized spacial score (nSPS) is 15.3. The van der Waals surface area contributed by atoms with Crippen LogP contribution in [0.15, 0.2) is 64.6 Å². The van der Waals surface area contributed by atoms with Gasteiger partial charge in [0.1, 0.15) is 0 Å². The number of aromatic amines is 1. The number of carboxylic acids is 1. The van der Waals surface area contributed by atoms with Gasteiger partial charge in [0, 0.05) is 29.6 Å². The van der Waals surface area contributed by atoms with Crippen LogP contribution >= 0.6 is 11.6 Å². The number of aromatic nitrogens is 1. The lowest BCUT2D eigenvalue weighted by atomic mass is 9.91. The molecule has 174 valence electrons. The van der Waals surface area contributed by atoms with E-state index in [-0.39, 0.29) is 18.4 Å². The Morgan fingerprint density at radius 2 is 1.74 bits per heavy atom. The Balaban J connectivity index is 1.81.